The second-order valence-electron chi connectivity index (χ2n) is 4.56. The summed E-state index contributed by atoms with van der Waals surface area (Å²) in [4.78, 5) is 16.1. The number of aryl methyl sites for hydroxylation is 1. The lowest BCUT2D eigenvalue weighted by atomic mass is 10.2. The molecule has 1 saturated heterocycles. The molecule has 3 nitrogen and oxygen atoms in total. The van der Waals surface area contributed by atoms with Crippen LogP contribution in [-0.2, 0) is 0 Å². The van der Waals surface area contributed by atoms with Crippen molar-refractivity contribution >= 4 is 11.7 Å². The van der Waals surface area contributed by atoms with Crippen LogP contribution in [0.5, 0.6) is 0 Å². The van der Waals surface area contributed by atoms with Gasteiger partial charge in [0.1, 0.15) is 0 Å². The van der Waals surface area contributed by atoms with Crippen LogP contribution >= 0.6 is 0 Å². The molecule has 1 aromatic rings. The number of rotatable bonds is 2. The number of benzene rings is 1. The molecule has 0 atom stereocenters. The largest absolute Gasteiger partial charge is 0.324 e. The number of urea groups is 1. The molecule has 1 aliphatic rings. The molecule has 1 aliphatic heterocycles. The Kier molecular flexibility index (Phi) is 3.67. The van der Waals surface area contributed by atoms with E-state index in [1.54, 1.807) is 0 Å². The van der Waals surface area contributed by atoms with E-state index in [0.717, 1.165) is 38.2 Å². The van der Waals surface area contributed by atoms with Gasteiger partial charge in [0.2, 0.25) is 0 Å². The molecule has 0 radical (unpaired) electrons. The van der Waals surface area contributed by atoms with Crippen LogP contribution in [-0.4, -0.2) is 30.6 Å². The standard InChI is InChI=1S/C14H20N2O/c1-3-16(13-8-6-12(2)7-9-13)14(17)15-10-4-5-11-15/h6-9H,3-5,10-11H2,1-2H3. The van der Waals surface area contributed by atoms with Crippen LogP contribution in [0.4, 0.5) is 10.5 Å². The average Bonchev–Trinajstić information content (AvgIpc) is 2.86. The highest BCUT2D eigenvalue weighted by Gasteiger charge is 2.23. The number of nitrogens with zero attached hydrogens (tertiary/aromatic N) is 2. The molecule has 17 heavy (non-hydrogen) atoms. The number of carbonyl (C=O) groups is 1. The second kappa shape index (κ2) is 5.21. The van der Waals surface area contributed by atoms with Crippen molar-refractivity contribution in [3.63, 3.8) is 0 Å². The molecule has 0 saturated carbocycles. The van der Waals surface area contributed by atoms with Crippen molar-refractivity contribution in [2.45, 2.75) is 26.7 Å². The number of hydrogen-bond acceptors (Lipinski definition) is 1. The first-order valence-electron chi connectivity index (χ1n) is 6.35. The summed E-state index contributed by atoms with van der Waals surface area (Å²) < 4.78 is 0. The van der Waals surface area contributed by atoms with Gasteiger partial charge in [-0.1, -0.05) is 17.7 Å². The molecule has 2 amide bonds. The van der Waals surface area contributed by atoms with Crippen molar-refractivity contribution in [2.75, 3.05) is 24.5 Å². The van der Waals surface area contributed by atoms with Crippen molar-refractivity contribution in [1.82, 2.24) is 4.90 Å². The Morgan fingerprint density at radius 2 is 1.82 bits per heavy atom. The highest BCUT2D eigenvalue weighted by atomic mass is 16.2. The van der Waals surface area contributed by atoms with Gasteiger partial charge in [0, 0.05) is 25.3 Å². The van der Waals surface area contributed by atoms with Crippen molar-refractivity contribution in [1.29, 1.82) is 0 Å². The van der Waals surface area contributed by atoms with Gasteiger partial charge in [-0.05, 0) is 38.8 Å². The molecular weight excluding hydrogens is 212 g/mol. The normalized spacial score (nSPS) is 15.1. The van der Waals surface area contributed by atoms with Gasteiger partial charge in [0.15, 0.2) is 0 Å². The number of likely N-dealkylation sites (tertiary alicyclic amines) is 1. The molecule has 0 spiro atoms. The lowest BCUT2D eigenvalue weighted by Crippen LogP contribution is -2.41. The molecular formula is C14H20N2O. The quantitative estimate of drug-likeness (QED) is 0.768. The topological polar surface area (TPSA) is 23.6 Å². The Morgan fingerprint density at radius 1 is 1.24 bits per heavy atom. The molecule has 1 aromatic carbocycles. The van der Waals surface area contributed by atoms with Crippen LogP contribution in [0.15, 0.2) is 24.3 Å². The summed E-state index contributed by atoms with van der Waals surface area (Å²) in [6.45, 7) is 6.61. The van der Waals surface area contributed by atoms with E-state index in [1.807, 2.05) is 28.9 Å². The minimum absolute atomic E-state index is 0.147. The maximum absolute atomic E-state index is 12.3. The molecule has 92 valence electrons. The fourth-order valence-electron chi connectivity index (χ4n) is 2.23. The monoisotopic (exact) mass is 232 g/mol. The van der Waals surface area contributed by atoms with Crippen LogP contribution in [0.25, 0.3) is 0 Å². The highest BCUT2D eigenvalue weighted by Crippen LogP contribution is 2.19. The van der Waals surface area contributed by atoms with E-state index < -0.39 is 0 Å². The predicted octanol–water partition coefficient (Wildman–Crippen LogP) is 3.04. The van der Waals surface area contributed by atoms with Gasteiger partial charge in [-0.15, -0.1) is 0 Å². The third kappa shape index (κ3) is 2.60. The van der Waals surface area contributed by atoms with Crippen molar-refractivity contribution in [3.05, 3.63) is 29.8 Å². The number of amides is 2. The maximum atomic E-state index is 12.3. The second-order valence-corrected chi connectivity index (χ2v) is 4.56. The Morgan fingerprint density at radius 3 is 2.35 bits per heavy atom. The SMILES string of the molecule is CCN(C(=O)N1CCCC1)c1ccc(C)cc1. The van der Waals surface area contributed by atoms with Crippen LogP contribution in [0, 0.1) is 6.92 Å². The Balaban J connectivity index is 2.14. The van der Waals surface area contributed by atoms with E-state index in [2.05, 4.69) is 19.1 Å². The van der Waals surface area contributed by atoms with Crippen LogP contribution < -0.4 is 4.90 Å². The fourth-order valence-corrected chi connectivity index (χ4v) is 2.23. The first-order valence-corrected chi connectivity index (χ1v) is 6.35. The Hall–Kier alpha value is -1.51. The number of carbonyl (C=O) groups excluding carboxylic acids is 1. The molecule has 3 heteroatoms. The van der Waals surface area contributed by atoms with E-state index in [4.69, 9.17) is 0 Å². The lowest BCUT2D eigenvalue weighted by molar-refractivity contribution is 0.216. The Bertz CT molecular complexity index is 380. The van der Waals surface area contributed by atoms with Gasteiger partial charge in [-0.25, -0.2) is 4.79 Å². The summed E-state index contributed by atoms with van der Waals surface area (Å²) in [5.41, 5.74) is 2.22. The van der Waals surface area contributed by atoms with Gasteiger partial charge in [-0.3, -0.25) is 4.90 Å². The molecule has 1 heterocycles. The van der Waals surface area contributed by atoms with Gasteiger partial charge in [0.05, 0.1) is 0 Å². The summed E-state index contributed by atoms with van der Waals surface area (Å²) in [5, 5.41) is 0. The predicted molar refractivity (Wildman–Crippen MR) is 70.4 cm³/mol. The van der Waals surface area contributed by atoms with E-state index in [-0.39, 0.29) is 6.03 Å². The first-order chi connectivity index (χ1) is 8.22. The minimum atomic E-state index is 0.147. The third-order valence-electron chi connectivity index (χ3n) is 3.27. The summed E-state index contributed by atoms with van der Waals surface area (Å²) in [6, 6.07) is 8.29. The fraction of sp³-hybridized carbons (Fsp3) is 0.500. The molecule has 2 rings (SSSR count). The summed E-state index contributed by atoms with van der Waals surface area (Å²) in [7, 11) is 0. The van der Waals surface area contributed by atoms with E-state index >= 15 is 0 Å². The third-order valence-corrected chi connectivity index (χ3v) is 3.27. The molecule has 0 N–H and O–H groups in total. The molecule has 0 aromatic heterocycles. The van der Waals surface area contributed by atoms with Gasteiger partial charge in [0.25, 0.3) is 0 Å². The Labute approximate surface area is 103 Å². The van der Waals surface area contributed by atoms with E-state index in [0.29, 0.717) is 0 Å². The van der Waals surface area contributed by atoms with Crippen molar-refractivity contribution in [2.24, 2.45) is 0 Å². The van der Waals surface area contributed by atoms with Crippen LogP contribution in [0.2, 0.25) is 0 Å². The maximum Gasteiger partial charge on any atom is 0.324 e. The zero-order chi connectivity index (χ0) is 12.3. The highest BCUT2D eigenvalue weighted by molar-refractivity contribution is 5.92. The number of hydrogen-bond donors (Lipinski definition) is 0. The van der Waals surface area contributed by atoms with Gasteiger partial charge in [-0.2, -0.15) is 0 Å². The van der Waals surface area contributed by atoms with Gasteiger partial charge >= 0.3 is 6.03 Å². The van der Waals surface area contributed by atoms with Gasteiger partial charge < -0.3 is 4.90 Å². The molecule has 1 fully saturated rings. The first kappa shape index (κ1) is 12.0. The van der Waals surface area contributed by atoms with Crippen LogP contribution in [0.3, 0.4) is 0 Å². The lowest BCUT2D eigenvalue weighted by Gasteiger charge is -2.27. The zero-order valence-electron chi connectivity index (χ0n) is 10.6. The minimum Gasteiger partial charge on any atom is -0.324 e. The summed E-state index contributed by atoms with van der Waals surface area (Å²) in [6.07, 6.45) is 2.27. The van der Waals surface area contributed by atoms with E-state index in [1.165, 1.54) is 5.56 Å². The average molecular weight is 232 g/mol. The van der Waals surface area contributed by atoms with E-state index in [9.17, 15) is 4.79 Å². The molecule has 0 aliphatic carbocycles. The molecule has 0 bridgehead atoms. The van der Waals surface area contributed by atoms with Crippen molar-refractivity contribution < 1.29 is 4.79 Å². The zero-order valence-corrected chi connectivity index (χ0v) is 10.6. The smallest absolute Gasteiger partial charge is 0.324 e. The summed E-state index contributed by atoms with van der Waals surface area (Å²) in [5.74, 6) is 0. The molecule has 0 unspecified atom stereocenters. The number of anilines is 1. The van der Waals surface area contributed by atoms with Crippen molar-refractivity contribution in [3.8, 4) is 0 Å². The van der Waals surface area contributed by atoms with Crippen LogP contribution in [0.1, 0.15) is 25.3 Å². The summed E-state index contributed by atoms with van der Waals surface area (Å²) >= 11 is 0.